The number of rotatable bonds is 2. The van der Waals surface area contributed by atoms with E-state index in [1.54, 1.807) is 0 Å². The first-order valence-electron chi connectivity index (χ1n) is 9.11. The Hall–Kier alpha value is -1.88. The summed E-state index contributed by atoms with van der Waals surface area (Å²) in [4.78, 5) is 28.8. The van der Waals surface area contributed by atoms with Crippen LogP contribution in [0.5, 0.6) is 0 Å². The molecule has 3 aliphatic heterocycles. The lowest BCUT2D eigenvalue weighted by Crippen LogP contribution is -2.53. The van der Waals surface area contributed by atoms with E-state index >= 15 is 0 Å². The van der Waals surface area contributed by atoms with Crippen LogP contribution in [0.15, 0.2) is 24.3 Å². The van der Waals surface area contributed by atoms with Crippen molar-refractivity contribution in [1.29, 1.82) is 0 Å². The van der Waals surface area contributed by atoms with Gasteiger partial charge in [0.25, 0.3) is 0 Å². The lowest BCUT2D eigenvalue weighted by molar-refractivity contribution is -0.136. The number of amides is 2. The van der Waals surface area contributed by atoms with Crippen molar-refractivity contribution in [1.82, 2.24) is 15.1 Å². The monoisotopic (exact) mass is 327 g/mol. The summed E-state index contributed by atoms with van der Waals surface area (Å²) in [5.41, 5.74) is 2.58. The zero-order valence-corrected chi connectivity index (χ0v) is 14.0. The molecule has 0 aliphatic carbocycles. The molecule has 1 atom stereocenters. The van der Waals surface area contributed by atoms with E-state index in [1.165, 1.54) is 11.1 Å². The van der Waals surface area contributed by atoms with Gasteiger partial charge in [0.15, 0.2) is 0 Å². The van der Waals surface area contributed by atoms with Gasteiger partial charge in [0.2, 0.25) is 11.8 Å². The van der Waals surface area contributed by atoms with Gasteiger partial charge in [0.05, 0.1) is 6.04 Å². The zero-order chi connectivity index (χ0) is 16.5. The summed E-state index contributed by atoms with van der Waals surface area (Å²) in [5.74, 6) is 0.515. The zero-order valence-electron chi connectivity index (χ0n) is 14.0. The van der Waals surface area contributed by atoms with Crippen LogP contribution in [0.4, 0.5) is 0 Å². The molecule has 1 N–H and O–H groups in total. The highest BCUT2D eigenvalue weighted by Crippen LogP contribution is 2.23. The molecule has 0 radical (unpaired) electrons. The van der Waals surface area contributed by atoms with Gasteiger partial charge >= 0.3 is 0 Å². The van der Waals surface area contributed by atoms with Crippen LogP contribution in [0, 0.1) is 0 Å². The molecule has 0 bridgehead atoms. The minimum absolute atomic E-state index is 0.107. The Bertz CT molecular complexity index is 637. The quantitative estimate of drug-likeness (QED) is 0.891. The molecule has 1 aromatic carbocycles. The molecule has 5 nitrogen and oxygen atoms in total. The molecule has 24 heavy (non-hydrogen) atoms. The van der Waals surface area contributed by atoms with Crippen LogP contribution in [0.25, 0.3) is 0 Å². The van der Waals surface area contributed by atoms with Gasteiger partial charge < -0.3 is 15.1 Å². The first-order valence-corrected chi connectivity index (χ1v) is 9.11. The van der Waals surface area contributed by atoms with Gasteiger partial charge in [0, 0.05) is 38.6 Å². The van der Waals surface area contributed by atoms with E-state index in [4.69, 9.17) is 0 Å². The maximum Gasteiger partial charge on any atom is 0.240 e. The largest absolute Gasteiger partial charge is 0.341 e. The van der Waals surface area contributed by atoms with Gasteiger partial charge in [-0.25, -0.2) is 0 Å². The number of carbonyl (C=O) groups excluding carboxylic acids is 2. The Balaban J connectivity index is 1.34. The highest BCUT2D eigenvalue weighted by molar-refractivity contribution is 5.83. The molecule has 2 amide bonds. The summed E-state index contributed by atoms with van der Waals surface area (Å²) in [6.45, 7) is 3.21. The van der Waals surface area contributed by atoms with Crippen molar-refractivity contribution in [3.8, 4) is 0 Å². The van der Waals surface area contributed by atoms with Gasteiger partial charge in [-0.15, -0.1) is 0 Å². The third-order valence-electron chi connectivity index (χ3n) is 5.71. The molecule has 4 rings (SSSR count). The van der Waals surface area contributed by atoms with Crippen LogP contribution in [0.2, 0.25) is 0 Å². The predicted molar refractivity (Wildman–Crippen MR) is 91.3 cm³/mol. The van der Waals surface area contributed by atoms with Gasteiger partial charge in [-0.1, -0.05) is 24.3 Å². The second kappa shape index (κ2) is 6.55. The number of nitrogens with zero attached hydrogens (tertiary/aromatic N) is 2. The van der Waals surface area contributed by atoms with E-state index in [-0.39, 0.29) is 11.9 Å². The number of hydrogen-bond donors (Lipinski definition) is 1. The van der Waals surface area contributed by atoms with Crippen molar-refractivity contribution in [2.24, 2.45) is 0 Å². The SMILES string of the molecule is O=C([C@H]1Cc2ccccc2CN1)N1CCC(N2CCCC2=O)CC1. The van der Waals surface area contributed by atoms with Crippen LogP contribution in [0.3, 0.4) is 0 Å². The predicted octanol–water partition coefficient (Wildman–Crippen LogP) is 1.31. The first kappa shape index (κ1) is 15.6. The third kappa shape index (κ3) is 2.93. The normalized spacial score (nSPS) is 25.0. The fourth-order valence-electron chi connectivity index (χ4n) is 4.30. The Morgan fingerprint density at radius 2 is 1.83 bits per heavy atom. The summed E-state index contributed by atoms with van der Waals surface area (Å²) >= 11 is 0. The Morgan fingerprint density at radius 1 is 1.08 bits per heavy atom. The van der Waals surface area contributed by atoms with Gasteiger partial charge in [0.1, 0.15) is 0 Å². The van der Waals surface area contributed by atoms with Crippen LogP contribution in [0.1, 0.15) is 36.8 Å². The molecule has 0 unspecified atom stereocenters. The molecule has 1 aromatic rings. The third-order valence-corrected chi connectivity index (χ3v) is 5.71. The van der Waals surface area contributed by atoms with Crippen molar-refractivity contribution in [3.05, 3.63) is 35.4 Å². The number of hydrogen-bond acceptors (Lipinski definition) is 3. The van der Waals surface area contributed by atoms with Crippen molar-refractivity contribution in [3.63, 3.8) is 0 Å². The van der Waals surface area contributed by atoms with Crippen LogP contribution < -0.4 is 5.32 Å². The van der Waals surface area contributed by atoms with E-state index in [2.05, 4.69) is 17.4 Å². The Morgan fingerprint density at radius 3 is 2.54 bits per heavy atom. The summed E-state index contributed by atoms with van der Waals surface area (Å²) in [5, 5.41) is 3.39. The minimum Gasteiger partial charge on any atom is -0.341 e. The molecule has 2 saturated heterocycles. The molecule has 2 fully saturated rings. The summed E-state index contributed by atoms with van der Waals surface area (Å²) in [6.07, 6.45) is 4.30. The van der Waals surface area contributed by atoms with Crippen molar-refractivity contribution < 1.29 is 9.59 Å². The lowest BCUT2D eigenvalue weighted by Gasteiger charge is -2.38. The Kier molecular flexibility index (Phi) is 4.27. The lowest BCUT2D eigenvalue weighted by atomic mass is 9.94. The number of carbonyl (C=O) groups is 2. The first-order chi connectivity index (χ1) is 11.7. The standard InChI is InChI=1S/C19H25N3O2/c23-18-6-3-9-22(18)16-7-10-21(11-8-16)19(24)17-12-14-4-1-2-5-15(14)13-20-17/h1-2,4-5,16-17,20H,3,6-13H2/t17-/m1/s1. The molecule has 0 aromatic heterocycles. The number of piperidine rings is 1. The average molecular weight is 327 g/mol. The summed E-state index contributed by atoms with van der Waals surface area (Å²) in [7, 11) is 0. The average Bonchev–Trinajstić information content (AvgIpc) is 3.07. The second-order valence-electron chi connectivity index (χ2n) is 7.15. The number of likely N-dealkylation sites (tertiary alicyclic amines) is 2. The maximum absolute atomic E-state index is 12.8. The maximum atomic E-state index is 12.8. The highest BCUT2D eigenvalue weighted by atomic mass is 16.2. The minimum atomic E-state index is -0.107. The fraction of sp³-hybridized carbons (Fsp3) is 0.579. The van der Waals surface area contributed by atoms with Crippen LogP contribution >= 0.6 is 0 Å². The van der Waals surface area contributed by atoms with E-state index in [1.807, 2.05) is 21.9 Å². The molecular weight excluding hydrogens is 302 g/mol. The van der Waals surface area contributed by atoms with E-state index in [0.29, 0.717) is 18.4 Å². The van der Waals surface area contributed by atoms with Crippen molar-refractivity contribution in [2.75, 3.05) is 19.6 Å². The van der Waals surface area contributed by atoms with E-state index in [9.17, 15) is 9.59 Å². The van der Waals surface area contributed by atoms with Gasteiger partial charge in [-0.3, -0.25) is 9.59 Å². The van der Waals surface area contributed by atoms with Gasteiger partial charge in [-0.2, -0.15) is 0 Å². The number of nitrogens with one attached hydrogen (secondary N) is 1. The van der Waals surface area contributed by atoms with Crippen LogP contribution in [-0.2, 0) is 22.6 Å². The van der Waals surface area contributed by atoms with Crippen molar-refractivity contribution >= 4 is 11.8 Å². The van der Waals surface area contributed by atoms with E-state index in [0.717, 1.165) is 51.9 Å². The van der Waals surface area contributed by atoms with Crippen molar-refractivity contribution in [2.45, 2.75) is 50.7 Å². The number of fused-ring (bicyclic) bond motifs is 1. The second-order valence-corrected chi connectivity index (χ2v) is 7.15. The van der Waals surface area contributed by atoms with E-state index < -0.39 is 0 Å². The fourth-order valence-corrected chi connectivity index (χ4v) is 4.30. The van der Waals surface area contributed by atoms with Crippen LogP contribution in [-0.4, -0.2) is 53.3 Å². The molecule has 5 heteroatoms. The molecule has 0 spiro atoms. The molecule has 0 saturated carbocycles. The molecule has 3 heterocycles. The topological polar surface area (TPSA) is 52.7 Å². The molecule has 3 aliphatic rings. The van der Waals surface area contributed by atoms with Gasteiger partial charge in [-0.05, 0) is 36.8 Å². The number of benzene rings is 1. The molecular formula is C19H25N3O2. The highest BCUT2D eigenvalue weighted by Gasteiger charge is 2.34. The summed E-state index contributed by atoms with van der Waals surface area (Å²) < 4.78 is 0. The summed E-state index contributed by atoms with van der Waals surface area (Å²) in [6, 6.07) is 8.58. The Labute approximate surface area is 143 Å². The smallest absolute Gasteiger partial charge is 0.240 e. The molecule has 128 valence electrons.